The predicted octanol–water partition coefficient (Wildman–Crippen LogP) is 4.83. The lowest BCUT2D eigenvalue weighted by atomic mass is 10.2. The first-order chi connectivity index (χ1) is 14.6. The third kappa shape index (κ3) is 6.00. The van der Waals surface area contributed by atoms with Gasteiger partial charge in [-0.3, -0.25) is 0 Å². The number of thiazole rings is 1. The van der Waals surface area contributed by atoms with Gasteiger partial charge in [0.05, 0.1) is 22.9 Å². The van der Waals surface area contributed by atoms with Crippen LogP contribution in [0.25, 0.3) is 21.1 Å². The number of unbranched alkanes of at least 4 members (excludes halogenated alkanes) is 4. The Bertz CT molecular complexity index is 980. The van der Waals surface area contributed by atoms with Gasteiger partial charge in [-0.05, 0) is 43.7 Å². The molecule has 0 unspecified atom stereocenters. The average molecular weight is 425 g/mol. The van der Waals surface area contributed by atoms with Crippen molar-refractivity contribution in [2.45, 2.75) is 46.0 Å². The molecule has 0 spiro atoms. The zero-order valence-corrected chi connectivity index (χ0v) is 18.3. The summed E-state index contributed by atoms with van der Waals surface area (Å²) in [6.07, 6.45) is 7.80. The zero-order chi connectivity index (χ0) is 21.3. The van der Waals surface area contributed by atoms with Gasteiger partial charge in [-0.15, -0.1) is 11.3 Å². The second-order valence-corrected chi connectivity index (χ2v) is 8.00. The van der Waals surface area contributed by atoms with Crippen LogP contribution in [0, 0.1) is 6.92 Å². The summed E-state index contributed by atoms with van der Waals surface area (Å²) >= 11 is 1.58. The van der Waals surface area contributed by atoms with Gasteiger partial charge in [-0.1, -0.05) is 32.6 Å². The van der Waals surface area contributed by atoms with Crippen molar-refractivity contribution in [3.8, 4) is 26.9 Å². The molecule has 0 saturated heterocycles. The topological polar surface area (TPSA) is 112 Å². The molecule has 3 aromatic rings. The highest BCUT2D eigenvalue weighted by Gasteiger charge is 2.13. The molecule has 0 radical (unpaired) electrons. The fraction of sp³-hybridized carbons (Fsp3) is 0.364. The van der Waals surface area contributed by atoms with E-state index in [4.69, 9.17) is 21.2 Å². The largest absolute Gasteiger partial charge is 0.494 e. The maximum atomic E-state index is 5.85. The van der Waals surface area contributed by atoms with Crippen molar-refractivity contribution in [1.82, 2.24) is 15.0 Å². The van der Waals surface area contributed by atoms with Crippen molar-refractivity contribution < 1.29 is 4.74 Å². The Morgan fingerprint density at radius 2 is 1.80 bits per heavy atom. The number of aryl methyl sites for hydroxylation is 1. The second kappa shape index (κ2) is 10.7. The Kier molecular flexibility index (Phi) is 7.73. The number of nitrogens with zero attached hydrogens (tertiary/aromatic N) is 4. The SMILES string of the molecule is CCCCCCCOc1ccc(-c2nc(C)c(-c3ccnc(N=C(N)N)n3)s2)cc1. The van der Waals surface area contributed by atoms with Crippen molar-refractivity contribution in [3.63, 3.8) is 0 Å². The molecule has 1 aromatic carbocycles. The number of benzene rings is 1. The summed E-state index contributed by atoms with van der Waals surface area (Å²) < 4.78 is 5.85. The van der Waals surface area contributed by atoms with Gasteiger partial charge in [-0.2, -0.15) is 4.99 Å². The van der Waals surface area contributed by atoms with Crippen LogP contribution in [0.3, 0.4) is 0 Å². The first-order valence-corrected chi connectivity index (χ1v) is 11.0. The number of aromatic nitrogens is 3. The van der Waals surface area contributed by atoms with E-state index in [2.05, 4.69) is 21.9 Å². The van der Waals surface area contributed by atoms with E-state index in [-0.39, 0.29) is 11.9 Å². The fourth-order valence-electron chi connectivity index (χ4n) is 2.99. The molecular weight excluding hydrogens is 396 g/mol. The standard InChI is InChI=1S/C22H28N6OS/c1-3-4-5-6-7-14-29-17-10-8-16(9-11-17)20-26-15(2)19(30-20)18-12-13-25-22(27-18)28-21(23)24/h8-13H,3-7,14H2,1-2H3,(H4,23,24,25,27,28). The Labute approximate surface area is 181 Å². The minimum absolute atomic E-state index is 0.0721. The lowest BCUT2D eigenvalue weighted by molar-refractivity contribution is 0.304. The molecule has 30 heavy (non-hydrogen) atoms. The number of ether oxygens (including phenoxy) is 1. The van der Waals surface area contributed by atoms with Crippen LogP contribution in [0.1, 0.15) is 44.7 Å². The van der Waals surface area contributed by atoms with Gasteiger partial charge in [-0.25, -0.2) is 15.0 Å². The van der Waals surface area contributed by atoms with Gasteiger partial charge < -0.3 is 16.2 Å². The van der Waals surface area contributed by atoms with Crippen molar-refractivity contribution >= 4 is 23.2 Å². The molecule has 3 rings (SSSR count). The monoisotopic (exact) mass is 424 g/mol. The minimum atomic E-state index is -0.0721. The summed E-state index contributed by atoms with van der Waals surface area (Å²) in [7, 11) is 0. The number of aliphatic imine (C=N–C) groups is 1. The van der Waals surface area contributed by atoms with Crippen LogP contribution in [0.2, 0.25) is 0 Å². The summed E-state index contributed by atoms with van der Waals surface area (Å²) in [5.41, 5.74) is 13.5. The molecule has 0 aliphatic carbocycles. The van der Waals surface area contributed by atoms with Gasteiger partial charge in [0.2, 0.25) is 0 Å². The highest BCUT2D eigenvalue weighted by molar-refractivity contribution is 7.18. The van der Waals surface area contributed by atoms with Crippen LogP contribution in [-0.4, -0.2) is 27.5 Å². The van der Waals surface area contributed by atoms with Gasteiger partial charge >= 0.3 is 0 Å². The Balaban J connectivity index is 1.67. The first kappa shape index (κ1) is 21.7. The third-order valence-electron chi connectivity index (χ3n) is 4.52. The summed E-state index contributed by atoms with van der Waals surface area (Å²) in [6.45, 7) is 4.95. The molecule has 0 fully saturated rings. The summed E-state index contributed by atoms with van der Waals surface area (Å²) in [5.74, 6) is 1.05. The van der Waals surface area contributed by atoms with Crippen LogP contribution >= 0.6 is 11.3 Å². The van der Waals surface area contributed by atoms with Crippen LogP contribution in [0.15, 0.2) is 41.5 Å². The summed E-state index contributed by atoms with van der Waals surface area (Å²) in [6, 6.07) is 9.91. The van der Waals surface area contributed by atoms with Crippen molar-refractivity contribution in [2.75, 3.05) is 6.61 Å². The van der Waals surface area contributed by atoms with E-state index in [9.17, 15) is 0 Å². The quantitative estimate of drug-likeness (QED) is 0.274. The van der Waals surface area contributed by atoms with Crippen molar-refractivity contribution in [2.24, 2.45) is 16.5 Å². The highest BCUT2D eigenvalue weighted by atomic mass is 32.1. The Hall–Kier alpha value is -3.00. The van der Waals surface area contributed by atoms with Crippen LogP contribution in [0.5, 0.6) is 5.75 Å². The molecule has 0 amide bonds. The molecule has 2 aromatic heterocycles. The molecule has 0 atom stereocenters. The van der Waals surface area contributed by atoms with Gasteiger partial charge in [0.1, 0.15) is 10.8 Å². The van der Waals surface area contributed by atoms with E-state index in [1.54, 1.807) is 17.5 Å². The Morgan fingerprint density at radius 1 is 1.03 bits per heavy atom. The van der Waals surface area contributed by atoms with E-state index < -0.39 is 0 Å². The maximum Gasteiger partial charge on any atom is 0.253 e. The lowest BCUT2D eigenvalue weighted by Gasteiger charge is -2.06. The molecule has 7 nitrogen and oxygen atoms in total. The smallest absolute Gasteiger partial charge is 0.253 e. The number of hydrogen-bond donors (Lipinski definition) is 2. The van der Waals surface area contributed by atoms with Gasteiger partial charge in [0.25, 0.3) is 5.95 Å². The molecule has 0 bridgehead atoms. The van der Waals surface area contributed by atoms with E-state index in [1.165, 1.54) is 25.7 Å². The van der Waals surface area contributed by atoms with Crippen LogP contribution in [-0.2, 0) is 0 Å². The second-order valence-electron chi connectivity index (χ2n) is 7.00. The van der Waals surface area contributed by atoms with Gasteiger partial charge in [0.15, 0.2) is 5.96 Å². The Morgan fingerprint density at radius 3 is 2.53 bits per heavy atom. The summed E-state index contributed by atoms with van der Waals surface area (Å²) in [5, 5.41) is 0.926. The molecule has 0 saturated carbocycles. The number of rotatable bonds is 10. The molecule has 4 N–H and O–H groups in total. The zero-order valence-electron chi connectivity index (χ0n) is 17.5. The van der Waals surface area contributed by atoms with E-state index in [0.717, 1.165) is 45.6 Å². The maximum absolute atomic E-state index is 5.85. The number of guanidine groups is 1. The molecule has 2 heterocycles. The normalized spacial score (nSPS) is 10.7. The molecule has 0 aliphatic heterocycles. The van der Waals surface area contributed by atoms with Crippen LogP contribution in [0.4, 0.5) is 5.95 Å². The summed E-state index contributed by atoms with van der Waals surface area (Å²) in [4.78, 5) is 18.1. The molecule has 0 aliphatic rings. The molecular formula is C22H28N6OS. The van der Waals surface area contributed by atoms with E-state index in [0.29, 0.717) is 0 Å². The minimum Gasteiger partial charge on any atom is -0.494 e. The average Bonchev–Trinajstić information content (AvgIpc) is 3.12. The van der Waals surface area contributed by atoms with Crippen molar-refractivity contribution in [3.05, 3.63) is 42.2 Å². The van der Waals surface area contributed by atoms with E-state index in [1.807, 2.05) is 37.3 Å². The molecule has 8 heteroatoms. The third-order valence-corrected chi connectivity index (χ3v) is 5.75. The van der Waals surface area contributed by atoms with Crippen LogP contribution < -0.4 is 16.2 Å². The highest BCUT2D eigenvalue weighted by Crippen LogP contribution is 2.35. The number of nitrogens with two attached hydrogens (primary N) is 2. The predicted molar refractivity (Wildman–Crippen MR) is 123 cm³/mol. The van der Waals surface area contributed by atoms with Gasteiger partial charge in [0, 0.05) is 11.8 Å². The molecule has 158 valence electrons. The first-order valence-electron chi connectivity index (χ1n) is 10.2. The lowest BCUT2D eigenvalue weighted by Crippen LogP contribution is -2.22. The van der Waals surface area contributed by atoms with E-state index >= 15 is 0 Å². The number of hydrogen-bond acceptors (Lipinski definition) is 6. The van der Waals surface area contributed by atoms with Crippen molar-refractivity contribution in [1.29, 1.82) is 0 Å². The fourth-order valence-corrected chi connectivity index (χ4v) is 4.03.